The number of nitrogens with one attached hydrogen (secondary N) is 1. The highest BCUT2D eigenvalue weighted by Gasteiger charge is 2.29. The Bertz CT molecular complexity index is 768. The number of carbonyl (C=O) groups excluding carboxylic acids is 1. The molecule has 1 unspecified atom stereocenters. The van der Waals surface area contributed by atoms with Crippen LogP contribution < -0.4 is 5.32 Å². The first-order valence-electron chi connectivity index (χ1n) is 8.63. The lowest BCUT2D eigenvalue weighted by Crippen LogP contribution is -2.41. The number of carbonyl (C=O) groups is 1. The van der Waals surface area contributed by atoms with Crippen LogP contribution in [-0.2, 0) is 6.54 Å². The number of amides is 1. The van der Waals surface area contributed by atoms with Crippen LogP contribution in [0.1, 0.15) is 35.3 Å². The van der Waals surface area contributed by atoms with Crippen molar-refractivity contribution < 1.29 is 18.0 Å². The van der Waals surface area contributed by atoms with E-state index in [1.165, 1.54) is 4.90 Å². The van der Waals surface area contributed by atoms with Crippen LogP contribution in [0.15, 0.2) is 36.5 Å². The minimum atomic E-state index is -1.63. The molecule has 8 heteroatoms. The standard InChI is InChI=1S/C19H20F3N3O.ClH/c20-16-7-6-15(17(21)18(16)22)19(26)25(12-13-4-1-2-10-24-13)14-5-3-9-23-11-8-14;/h1-2,4,6-7,10,14,23H,3,5,8-9,11-12H2;1H. The molecule has 1 N–H and O–H groups in total. The molecule has 2 heterocycles. The van der Waals surface area contributed by atoms with Crippen molar-refractivity contribution in [1.29, 1.82) is 0 Å². The first-order chi connectivity index (χ1) is 12.6. The van der Waals surface area contributed by atoms with Crippen LogP contribution in [0.5, 0.6) is 0 Å². The van der Waals surface area contributed by atoms with E-state index >= 15 is 0 Å². The maximum absolute atomic E-state index is 14.2. The van der Waals surface area contributed by atoms with Gasteiger partial charge in [0.1, 0.15) is 0 Å². The lowest BCUT2D eigenvalue weighted by atomic mass is 10.0. The van der Waals surface area contributed by atoms with Crippen LogP contribution in [0.4, 0.5) is 13.2 Å². The predicted octanol–water partition coefficient (Wildman–Crippen LogP) is 3.71. The fourth-order valence-corrected chi connectivity index (χ4v) is 3.19. The summed E-state index contributed by atoms with van der Waals surface area (Å²) in [5, 5.41) is 3.27. The fraction of sp³-hybridized carbons (Fsp3) is 0.368. The zero-order valence-corrected chi connectivity index (χ0v) is 15.4. The van der Waals surface area contributed by atoms with Gasteiger partial charge in [0, 0.05) is 12.2 Å². The molecule has 27 heavy (non-hydrogen) atoms. The van der Waals surface area contributed by atoms with Gasteiger partial charge in [-0.2, -0.15) is 0 Å². The summed E-state index contributed by atoms with van der Waals surface area (Å²) >= 11 is 0. The number of hydrogen-bond donors (Lipinski definition) is 1. The highest BCUT2D eigenvalue weighted by molar-refractivity contribution is 5.94. The number of aromatic nitrogens is 1. The summed E-state index contributed by atoms with van der Waals surface area (Å²) in [4.78, 5) is 18.7. The molecule has 1 aliphatic heterocycles. The molecule has 1 fully saturated rings. The van der Waals surface area contributed by atoms with Crippen molar-refractivity contribution in [3.8, 4) is 0 Å². The molecule has 1 amide bonds. The van der Waals surface area contributed by atoms with E-state index < -0.39 is 28.9 Å². The Balaban J connectivity index is 0.00000261. The number of benzene rings is 1. The van der Waals surface area contributed by atoms with Crippen LogP contribution >= 0.6 is 12.4 Å². The third kappa shape index (κ3) is 4.99. The lowest BCUT2D eigenvalue weighted by molar-refractivity contribution is 0.0636. The average molecular weight is 400 g/mol. The summed E-state index contributed by atoms with van der Waals surface area (Å²) in [6, 6.07) is 6.98. The van der Waals surface area contributed by atoms with Crippen LogP contribution in [0.25, 0.3) is 0 Å². The quantitative estimate of drug-likeness (QED) is 0.797. The van der Waals surface area contributed by atoms with E-state index in [0.29, 0.717) is 12.1 Å². The largest absolute Gasteiger partial charge is 0.330 e. The number of halogens is 4. The molecule has 1 aliphatic rings. The van der Waals surface area contributed by atoms with E-state index in [1.807, 2.05) is 0 Å². The second-order valence-electron chi connectivity index (χ2n) is 6.31. The first kappa shape index (κ1) is 21.2. The summed E-state index contributed by atoms with van der Waals surface area (Å²) < 4.78 is 41.0. The molecular formula is C19H21ClF3N3O. The number of hydrogen-bond acceptors (Lipinski definition) is 3. The third-order valence-corrected chi connectivity index (χ3v) is 4.57. The lowest BCUT2D eigenvalue weighted by Gasteiger charge is -2.31. The Hall–Kier alpha value is -2.12. The highest BCUT2D eigenvalue weighted by Crippen LogP contribution is 2.22. The van der Waals surface area contributed by atoms with Crippen LogP contribution in [-0.4, -0.2) is 34.9 Å². The van der Waals surface area contributed by atoms with E-state index in [2.05, 4.69) is 10.3 Å². The second kappa shape index (κ2) is 9.71. The summed E-state index contributed by atoms with van der Waals surface area (Å²) in [6.07, 6.45) is 3.93. The molecule has 146 valence electrons. The predicted molar refractivity (Wildman–Crippen MR) is 98.2 cm³/mol. The molecule has 1 atom stereocenters. The Morgan fingerprint density at radius 1 is 1.11 bits per heavy atom. The maximum Gasteiger partial charge on any atom is 0.257 e. The molecule has 0 bridgehead atoms. The molecule has 1 aromatic carbocycles. The van der Waals surface area contributed by atoms with Gasteiger partial charge in [-0.25, -0.2) is 13.2 Å². The number of nitrogens with zero attached hydrogens (tertiary/aromatic N) is 2. The number of rotatable bonds is 4. The van der Waals surface area contributed by atoms with Crippen molar-refractivity contribution in [3.63, 3.8) is 0 Å². The summed E-state index contributed by atoms with van der Waals surface area (Å²) in [5.41, 5.74) is 0.193. The molecule has 3 rings (SSSR count). The number of pyridine rings is 1. The Morgan fingerprint density at radius 2 is 1.93 bits per heavy atom. The normalized spacial score (nSPS) is 16.9. The van der Waals surface area contributed by atoms with E-state index in [0.717, 1.165) is 38.1 Å². The van der Waals surface area contributed by atoms with Gasteiger partial charge in [0.05, 0.1) is 17.8 Å². The molecular weight excluding hydrogens is 379 g/mol. The summed E-state index contributed by atoms with van der Waals surface area (Å²) in [5.74, 6) is -5.04. The molecule has 0 spiro atoms. The fourth-order valence-electron chi connectivity index (χ4n) is 3.19. The molecule has 1 aromatic heterocycles. The molecule has 2 aromatic rings. The average Bonchev–Trinajstić information content (AvgIpc) is 2.94. The summed E-state index contributed by atoms with van der Waals surface area (Å²) in [7, 11) is 0. The second-order valence-corrected chi connectivity index (χ2v) is 6.31. The first-order valence-corrected chi connectivity index (χ1v) is 8.63. The maximum atomic E-state index is 14.2. The van der Waals surface area contributed by atoms with Gasteiger partial charge in [0.25, 0.3) is 5.91 Å². The Labute approximate surface area is 162 Å². The van der Waals surface area contributed by atoms with E-state index in [9.17, 15) is 18.0 Å². The summed E-state index contributed by atoms with van der Waals surface area (Å²) in [6.45, 7) is 1.77. The van der Waals surface area contributed by atoms with Gasteiger partial charge >= 0.3 is 0 Å². The van der Waals surface area contributed by atoms with Crippen molar-refractivity contribution in [1.82, 2.24) is 15.2 Å². The van der Waals surface area contributed by atoms with Gasteiger partial charge in [0.15, 0.2) is 17.5 Å². The van der Waals surface area contributed by atoms with Gasteiger partial charge < -0.3 is 10.2 Å². The topological polar surface area (TPSA) is 45.2 Å². The van der Waals surface area contributed by atoms with Gasteiger partial charge in [0.2, 0.25) is 0 Å². The van der Waals surface area contributed by atoms with Crippen molar-refractivity contribution in [2.24, 2.45) is 0 Å². The van der Waals surface area contributed by atoms with Gasteiger partial charge in [-0.15, -0.1) is 12.4 Å². The van der Waals surface area contributed by atoms with Crippen molar-refractivity contribution in [2.45, 2.75) is 31.8 Å². The minimum Gasteiger partial charge on any atom is -0.330 e. The van der Waals surface area contributed by atoms with Gasteiger partial charge in [-0.3, -0.25) is 9.78 Å². The molecule has 1 saturated heterocycles. The monoisotopic (exact) mass is 399 g/mol. The zero-order valence-electron chi connectivity index (χ0n) is 14.6. The van der Waals surface area contributed by atoms with Crippen molar-refractivity contribution >= 4 is 18.3 Å². The SMILES string of the molecule is Cl.O=C(c1ccc(F)c(F)c1F)N(Cc1ccccn1)C1CCCNCC1. The smallest absolute Gasteiger partial charge is 0.257 e. The molecule has 0 aliphatic carbocycles. The van der Waals surface area contributed by atoms with Gasteiger partial charge in [-0.05, 0) is 56.6 Å². The van der Waals surface area contributed by atoms with Crippen LogP contribution in [0, 0.1) is 17.5 Å². The molecule has 0 saturated carbocycles. The highest BCUT2D eigenvalue weighted by atomic mass is 35.5. The van der Waals surface area contributed by atoms with Crippen molar-refractivity contribution in [3.05, 3.63) is 65.2 Å². The zero-order chi connectivity index (χ0) is 18.5. The Kier molecular flexibility index (Phi) is 7.62. The molecule has 0 radical (unpaired) electrons. The van der Waals surface area contributed by atoms with Crippen molar-refractivity contribution in [2.75, 3.05) is 13.1 Å². The third-order valence-electron chi connectivity index (χ3n) is 4.57. The van der Waals surface area contributed by atoms with E-state index in [4.69, 9.17) is 0 Å². The molecule has 4 nitrogen and oxygen atoms in total. The van der Waals surface area contributed by atoms with Gasteiger partial charge in [-0.1, -0.05) is 6.07 Å². The minimum absolute atomic E-state index is 0. The van der Waals surface area contributed by atoms with E-state index in [-0.39, 0.29) is 25.0 Å². The van der Waals surface area contributed by atoms with Crippen LogP contribution in [0.3, 0.4) is 0 Å². The van der Waals surface area contributed by atoms with Crippen LogP contribution in [0.2, 0.25) is 0 Å². The Morgan fingerprint density at radius 3 is 2.67 bits per heavy atom. The van der Waals surface area contributed by atoms with E-state index in [1.54, 1.807) is 24.4 Å².